The van der Waals surface area contributed by atoms with Crippen molar-refractivity contribution in [2.75, 3.05) is 52.5 Å². The molecule has 170 valence electrons. The SMILES string of the molecule is COCCN(CCOC)C1=C(c2ccc(OC)cc2)C(=O)N(c2ccc(F)c(F)c2)C1=O. The second-order valence-electron chi connectivity index (χ2n) is 6.97. The summed E-state index contributed by atoms with van der Waals surface area (Å²) in [6.45, 7) is 1.24. The molecule has 1 aliphatic rings. The van der Waals surface area contributed by atoms with Gasteiger partial charge >= 0.3 is 0 Å². The number of methoxy groups -OCH3 is 3. The molecule has 32 heavy (non-hydrogen) atoms. The molecule has 3 rings (SSSR count). The number of halogens is 2. The van der Waals surface area contributed by atoms with Crippen molar-refractivity contribution in [3.8, 4) is 5.75 Å². The van der Waals surface area contributed by atoms with Crippen LogP contribution in [0, 0.1) is 11.6 Å². The molecule has 0 unspecified atom stereocenters. The Hall–Kier alpha value is -3.30. The Bertz CT molecular complexity index is 1020. The Kier molecular flexibility index (Phi) is 7.55. The van der Waals surface area contributed by atoms with Gasteiger partial charge in [-0.25, -0.2) is 13.7 Å². The molecule has 0 spiro atoms. The topological polar surface area (TPSA) is 68.3 Å². The minimum absolute atomic E-state index is 0.0571. The fraction of sp³-hybridized carbons (Fsp3) is 0.304. The van der Waals surface area contributed by atoms with Gasteiger partial charge in [-0.2, -0.15) is 0 Å². The highest BCUT2D eigenvalue weighted by molar-refractivity contribution is 6.45. The number of hydrogen-bond acceptors (Lipinski definition) is 6. The van der Waals surface area contributed by atoms with E-state index in [2.05, 4.69) is 0 Å². The lowest BCUT2D eigenvalue weighted by molar-refractivity contribution is -0.120. The average Bonchev–Trinajstić information content (AvgIpc) is 3.06. The fourth-order valence-electron chi connectivity index (χ4n) is 3.43. The highest BCUT2D eigenvalue weighted by Crippen LogP contribution is 2.35. The Morgan fingerprint density at radius 1 is 0.844 bits per heavy atom. The average molecular weight is 446 g/mol. The van der Waals surface area contributed by atoms with Gasteiger partial charge in [0.25, 0.3) is 11.8 Å². The zero-order chi connectivity index (χ0) is 23.3. The minimum atomic E-state index is -1.15. The van der Waals surface area contributed by atoms with Crippen LogP contribution in [-0.4, -0.2) is 64.3 Å². The molecule has 9 heteroatoms. The van der Waals surface area contributed by atoms with E-state index in [4.69, 9.17) is 14.2 Å². The molecule has 2 aromatic rings. The standard InChI is InChI=1S/C23H24F2N2O5/c1-30-12-10-26(11-13-31-2)21-20(15-4-7-17(32-3)8-5-15)22(28)27(23(21)29)16-6-9-18(24)19(25)14-16/h4-9,14H,10-13H2,1-3H3. The van der Waals surface area contributed by atoms with E-state index < -0.39 is 23.4 Å². The predicted molar refractivity (Wildman–Crippen MR) is 114 cm³/mol. The molecule has 0 bridgehead atoms. The molecule has 0 fully saturated rings. The molecule has 0 N–H and O–H groups in total. The number of hydrogen-bond donors (Lipinski definition) is 0. The molecule has 0 aliphatic carbocycles. The first-order chi connectivity index (χ1) is 15.4. The number of amides is 2. The van der Waals surface area contributed by atoms with E-state index in [1.807, 2.05) is 0 Å². The number of anilines is 1. The van der Waals surface area contributed by atoms with Gasteiger partial charge in [-0.15, -0.1) is 0 Å². The van der Waals surface area contributed by atoms with E-state index in [9.17, 15) is 18.4 Å². The van der Waals surface area contributed by atoms with Gasteiger partial charge in [0.2, 0.25) is 0 Å². The first-order valence-corrected chi connectivity index (χ1v) is 9.88. The summed E-state index contributed by atoms with van der Waals surface area (Å²) in [5.74, 6) is -2.92. The van der Waals surface area contributed by atoms with Crippen LogP contribution in [0.5, 0.6) is 5.75 Å². The fourth-order valence-corrected chi connectivity index (χ4v) is 3.43. The molecular weight excluding hydrogens is 422 g/mol. The zero-order valence-electron chi connectivity index (χ0n) is 18.1. The van der Waals surface area contributed by atoms with E-state index >= 15 is 0 Å². The van der Waals surface area contributed by atoms with Crippen molar-refractivity contribution in [1.82, 2.24) is 4.90 Å². The number of nitrogens with zero attached hydrogens (tertiary/aromatic N) is 2. The Morgan fingerprint density at radius 3 is 2.00 bits per heavy atom. The molecule has 0 saturated carbocycles. The van der Waals surface area contributed by atoms with Crippen molar-refractivity contribution in [2.45, 2.75) is 0 Å². The third kappa shape index (κ3) is 4.63. The molecule has 1 aliphatic heterocycles. The molecule has 7 nitrogen and oxygen atoms in total. The first-order valence-electron chi connectivity index (χ1n) is 9.88. The van der Waals surface area contributed by atoms with E-state index in [1.165, 1.54) is 27.4 Å². The lowest BCUT2D eigenvalue weighted by Gasteiger charge is -2.25. The van der Waals surface area contributed by atoms with Gasteiger partial charge in [-0.3, -0.25) is 9.59 Å². The summed E-state index contributed by atoms with van der Waals surface area (Å²) in [4.78, 5) is 29.5. The lowest BCUT2D eigenvalue weighted by Crippen LogP contribution is -2.37. The quantitative estimate of drug-likeness (QED) is 0.523. The molecular formula is C23H24F2N2O5. The summed E-state index contributed by atoms with van der Waals surface area (Å²) in [5.41, 5.74) is 0.719. The predicted octanol–water partition coefficient (Wildman–Crippen LogP) is 2.85. The van der Waals surface area contributed by atoms with Crippen LogP contribution in [0.15, 0.2) is 48.2 Å². The van der Waals surface area contributed by atoms with Gasteiger partial charge in [0.05, 0.1) is 31.6 Å². The third-order valence-electron chi connectivity index (χ3n) is 5.05. The molecule has 1 heterocycles. The highest BCUT2D eigenvalue weighted by atomic mass is 19.2. The highest BCUT2D eigenvalue weighted by Gasteiger charge is 2.42. The van der Waals surface area contributed by atoms with Crippen LogP contribution in [0.25, 0.3) is 5.57 Å². The third-order valence-corrected chi connectivity index (χ3v) is 5.05. The normalized spacial score (nSPS) is 13.8. The van der Waals surface area contributed by atoms with E-state index in [0.717, 1.165) is 17.0 Å². The van der Waals surface area contributed by atoms with Gasteiger partial charge in [-0.1, -0.05) is 12.1 Å². The summed E-state index contributed by atoms with van der Waals surface area (Å²) < 4.78 is 42.8. The zero-order valence-corrected chi connectivity index (χ0v) is 18.1. The molecule has 0 atom stereocenters. The second-order valence-corrected chi connectivity index (χ2v) is 6.97. The number of carbonyl (C=O) groups excluding carboxylic acids is 2. The number of imide groups is 1. The second kappa shape index (κ2) is 10.3. The van der Waals surface area contributed by atoms with Crippen molar-refractivity contribution >= 4 is 23.1 Å². The monoisotopic (exact) mass is 446 g/mol. The van der Waals surface area contributed by atoms with Crippen molar-refractivity contribution in [3.05, 3.63) is 65.4 Å². The van der Waals surface area contributed by atoms with Crippen LogP contribution in [0.4, 0.5) is 14.5 Å². The van der Waals surface area contributed by atoms with Crippen LogP contribution in [-0.2, 0) is 19.1 Å². The molecule has 0 radical (unpaired) electrons. The Labute approximate surface area is 184 Å². The lowest BCUT2D eigenvalue weighted by atomic mass is 10.0. The minimum Gasteiger partial charge on any atom is -0.497 e. The van der Waals surface area contributed by atoms with Gasteiger partial charge in [0.15, 0.2) is 11.6 Å². The van der Waals surface area contributed by atoms with E-state index in [0.29, 0.717) is 37.6 Å². The van der Waals surface area contributed by atoms with E-state index in [1.54, 1.807) is 29.2 Å². The summed E-state index contributed by atoms with van der Waals surface area (Å²) in [5, 5.41) is 0. The van der Waals surface area contributed by atoms with Gasteiger partial charge < -0.3 is 19.1 Å². The van der Waals surface area contributed by atoms with E-state index in [-0.39, 0.29) is 17.0 Å². The molecule has 2 amide bonds. The largest absolute Gasteiger partial charge is 0.497 e. The van der Waals surface area contributed by atoms with Crippen LogP contribution in [0.1, 0.15) is 5.56 Å². The Morgan fingerprint density at radius 2 is 1.47 bits per heavy atom. The Balaban J connectivity index is 2.13. The van der Waals surface area contributed by atoms with Crippen molar-refractivity contribution < 1.29 is 32.6 Å². The number of rotatable bonds is 10. The van der Waals surface area contributed by atoms with Gasteiger partial charge in [0.1, 0.15) is 11.4 Å². The van der Waals surface area contributed by atoms with Crippen molar-refractivity contribution in [3.63, 3.8) is 0 Å². The van der Waals surface area contributed by atoms with Gasteiger partial charge in [-0.05, 0) is 29.8 Å². The van der Waals surface area contributed by atoms with Crippen molar-refractivity contribution in [2.24, 2.45) is 0 Å². The van der Waals surface area contributed by atoms with Crippen LogP contribution < -0.4 is 9.64 Å². The first kappa shape index (κ1) is 23.4. The maximum absolute atomic E-state index is 13.9. The van der Waals surface area contributed by atoms with Gasteiger partial charge in [0, 0.05) is 33.4 Å². The number of benzene rings is 2. The maximum atomic E-state index is 13.9. The molecule has 0 aromatic heterocycles. The molecule has 0 saturated heterocycles. The molecule has 2 aromatic carbocycles. The van der Waals surface area contributed by atoms with Crippen LogP contribution in [0.2, 0.25) is 0 Å². The number of carbonyl (C=O) groups is 2. The smallest absolute Gasteiger partial charge is 0.282 e. The number of ether oxygens (including phenoxy) is 3. The summed E-state index contributed by atoms with van der Waals surface area (Å²) in [6.07, 6.45) is 0. The summed E-state index contributed by atoms with van der Waals surface area (Å²) in [7, 11) is 4.58. The van der Waals surface area contributed by atoms with Crippen LogP contribution in [0.3, 0.4) is 0 Å². The van der Waals surface area contributed by atoms with Crippen LogP contribution >= 0.6 is 0 Å². The summed E-state index contributed by atoms with van der Waals surface area (Å²) >= 11 is 0. The maximum Gasteiger partial charge on any atom is 0.282 e. The van der Waals surface area contributed by atoms with Crippen molar-refractivity contribution in [1.29, 1.82) is 0 Å². The summed E-state index contributed by atoms with van der Waals surface area (Å²) in [6, 6.07) is 9.58.